The second-order valence-electron chi connectivity index (χ2n) is 5.24. The molecule has 0 radical (unpaired) electrons. The first kappa shape index (κ1) is 13.8. The molecule has 1 aromatic carbocycles. The number of carboxylic acids is 1. The first-order chi connectivity index (χ1) is 8.02. The Hall–Kier alpha value is -1.31. The monoisotopic (exact) mass is 234 g/mol. The van der Waals surface area contributed by atoms with Crippen LogP contribution < -0.4 is 0 Å². The van der Waals surface area contributed by atoms with Crippen molar-refractivity contribution in [1.29, 1.82) is 0 Å². The van der Waals surface area contributed by atoms with Crippen molar-refractivity contribution in [1.82, 2.24) is 0 Å². The van der Waals surface area contributed by atoms with Gasteiger partial charge in [0.2, 0.25) is 0 Å². The molecule has 1 aromatic rings. The molecule has 2 heteroatoms. The van der Waals surface area contributed by atoms with Crippen molar-refractivity contribution >= 4 is 5.97 Å². The SMILES string of the molecule is CC(C)(CCCCCc1ccccc1)C(=O)O. The van der Waals surface area contributed by atoms with Crippen LogP contribution in [0.2, 0.25) is 0 Å². The number of aryl methyl sites for hydroxylation is 1. The quantitative estimate of drug-likeness (QED) is 0.726. The highest BCUT2D eigenvalue weighted by atomic mass is 16.4. The Kier molecular flexibility index (Phi) is 5.20. The predicted octanol–water partition coefficient (Wildman–Crippen LogP) is 3.90. The van der Waals surface area contributed by atoms with Gasteiger partial charge in [0, 0.05) is 0 Å². The maximum Gasteiger partial charge on any atom is 0.309 e. The van der Waals surface area contributed by atoms with Crippen molar-refractivity contribution in [2.75, 3.05) is 0 Å². The van der Waals surface area contributed by atoms with Crippen molar-refractivity contribution in [3.63, 3.8) is 0 Å². The van der Waals surface area contributed by atoms with Crippen LogP contribution in [0.5, 0.6) is 0 Å². The van der Waals surface area contributed by atoms with E-state index in [2.05, 4.69) is 24.3 Å². The second-order valence-corrected chi connectivity index (χ2v) is 5.24. The summed E-state index contributed by atoms with van der Waals surface area (Å²) in [6.45, 7) is 3.60. The lowest BCUT2D eigenvalue weighted by atomic mass is 9.87. The van der Waals surface area contributed by atoms with Gasteiger partial charge in [0.25, 0.3) is 0 Å². The zero-order chi connectivity index (χ0) is 12.7. The lowest BCUT2D eigenvalue weighted by Gasteiger charge is -2.18. The van der Waals surface area contributed by atoms with Gasteiger partial charge in [-0.25, -0.2) is 0 Å². The number of rotatable bonds is 7. The lowest BCUT2D eigenvalue weighted by molar-refractivity contribution is -0.147. The third-order valence-electron chi connectivity index (χ3n) is 3.19. The summed E-state index contributed by atoms with van der Waals surface area (Å²) in [5, 5.41) is 8.98. The zero-order valence-electron chi connectivity index (χ0n) is 10.8. The molecule has 0 spiro atoms. The van der Waals surface area contributed by atoms with Gasteiger partial charge in [0.15, 0.2) is 0 Å². The molecule has 0 aliphatic carbocycles. The van der Waals surface area contributed by atoms with E-state index in [1.54, 1.807) is 13.8 Å². The van der Waals surface area contributed by atoms with E-state index < -0.39 is 11.4 Å². The smallest absolute Gasteiger partial charge is 0.309 e. The summed E-state index contributed by atoms with van der Waals surface area (Å²) in [7, 11) is 0. The van der Waals surface area contributed by atoms with Crippen LogP contribution >= 0.6 is 0 Å². The summed E-state index contributed by atoms with van der Waals surface area (Å²) in [5.41, 5.74) is 0.789. The summed E-state index contributed by atoms with van der Waals surface area (Å²) in [4.78, 5) is 10.9. The van der Waals surface area contributed by atoms with Crippen LogP contribution in [-0.4, -0.2) is 11.1 Å². The maximum absolute atomic E-state index is 10.9. The van der Waals surface area contributed by atoms with E-state index in [0.29, 0.717) is 0 Å². The number of aliphatic carboxylic acids is 1. The predicted molar refractivity (Wildman–Crippen MR) is 70.0 cm³/mol. The van der Waals surface area contributed by atoms with Crippen molar-refractivity contribution in [3.05, 3.63) is 35.9 Å². The van der Waals surface area contributed by atoms with Crippen molar-refractivity contribution < 1.29 is 9.90 Å². The number of hydrogen-bond acceptors (Lipinski definition) is 1. The molecule has 0 unspecified atom stereocenters. The minimum absolute atomic E-state index is 0.577. The van der Waals surface area contributed by atoms with Crippen molar-refractivity contribution in [3.8, 4) is 0 Å². The highest BCUT2D eigenvalue weighted by Gasteiger charge is 2.25. The summed E-state index contributed by atoms with van der Waals surface area (Å²) in [5.74, 6) is -0.694. The Balaban J connectivity index is 2.15. The van der Waals surface area contributed by atoms with E-state index in [9.17, 15) is 4.79 Å². The van der Waals surface area contributed by atoms with Crippen LogP contribution in [0.1, 0.15) is 45.1 Å². The topological polar surface area (TPSA) is 37.3 Å². The molecule has 0 aliphatic rings. The highest BCUT2D eigenvalue weighted by Crippen LogP contribution is 2.24. The molecular formula is C15H22O2. The van der Waals surface area contributed by atoms with Gasteiger partial charge in [-0.2, -0.15) is 0 Å². The average molecular weight is 234 g/mol. The molecule has 17 heavy (non-hydrogen) atoms. The van der Waals surface area contributed by atoms with Gasteiger partial charge < -0.3 is 5.11 Å². The van der Waals surface area contributed by atoms with Crippen LogP contribution in [0.3, 0.4) is 0 Å². The Morgan fingerprint density at radius 1 is 1.12 bits per heavy atom. The Morgan fingerprint density at radius 2 is 1.76 bits per heavy atom. The first-order valence-electron chi connectivity index (χ1n) is 6.30. The minimum atomic E-state index is -0.694. The zero-order valence-corrected chi connectivity index (χ0v) is 10.8. The summed E-state index contributed by atoms with van der Waals surface area (Å²) < 4.78 is 0. The van der Waals surface area contributed by atoms with E-state index in [1.165, 1.54) is 5.56 Å². The average Bonchev–Trinajstić information content (AvgIpc) is 2.29. The fourth-order valence-electron chi connectivity index (χ4n) is 1.82. The van der Waals surface area contributed by atoms with E-state index in [0.717, 1.165) is 32.1 Å². The van der Waals surface area contributed by atoms with Gasteiger partial charge in [-0.05, 0) is 38.7 Å². The molecule has 0 saturated heterocycles. The van der Waals surface area contributed by atoms with E-state index in [1.807, 2.05) is 6.07 Å². The molecule has 0 heterocycles. The van der Waals surface area contributed by atoms with Crippen LogP contribution in [0.4, 0.5) is 0 Å². The molecular weight excluding hydrogens is 212 g/mol. The van der Waals surface area contributed by atoms with E-state index >= 15 is 0 Å². The largest absolute Gasteiger partial charge is 0.481 e. The molecule has 0 aliphatic heterocycles. The van der Waals surface area contributed by atoms with Gasteiger partial charge in [-0.3, -0.25) is 4.79 Å². The number of hydrogen-bond donors (Lipinski definition) is 1. The minimum Gasteiger partial charge on any atom is -0.481 e. The third kappa shape index (κ3) is 5.03. The number of carboxylic acid groups (broad SMARTS) is 1. The summed E-state index contributed by atoms with van der Waals surface area (Å²) in [6.07, 6.45) is 5.09. The molecule has 1 N–H and O–H groups in total. The Morgan fingerprint density at radius 3 is 2.35 bits per heavy atom. The fourth-order valence-corrected chi connectivity index (χ4v) is 1.82. The normalized spacial score (nSPS) is 11.4. The van der Waals surface area contributed by atoms with Crippen LogP contribution in [-0.2, 0) is 11.2 Å². The summed E-state index contributed by atoms with van der Waals surface area (Å²) >= 11 is 0. The molecule has 94 valence electrons. The van der Waals surface area contributed by atoms with Crippen LogP contribution in [0.15, 0.2) is 30.3 Å². The molecule has 0 amide bonds. The second kappa shape index (κ2) is 6.43. The first-order valence-corrected chi connectivity index (χ1v) is 6.30. The Bertz CT molecular complexity index is 341. The number of benzene rings is 1. The third-order valence-corrected chi connectivity index (χ3v) is 3.19. The highest BCUT2D eigenvalue weighted by molar-refractivity contribution is 5.73. The number of unbranched alkanes of at least 4 members (excludes halogenated alkanes) is 2. The lowest BCUT2D eigenvalue weighted by Crippen LogP contribution is -2.23. The van der Waals surface area contributed by atoms with Crippen LogP contribution in [0.25, 0.3) is 0 Å². The van der Waals surface area contributed by atoms with Crippen molar-refractivity contribution in [2.45, 2.75) is 46.0 Å². The molecule has 0 saturated carbocycles. The Labute approximate surface area is 104 Å². The van der Waals surface area contributed by atoms with Crippen LogP contribution in [0, 0.1) is 5.41 Å². The van der Waals surface area contributed by atoms with Gasteiger partial charge >= 0.3 is 5.97 Å². The molecule has 2 nitrogen and oxygen atoms in total. The van der Waals surface area contributed by atoms with Crippen molar-refractivity contribution in [2.24, 2.45) is 5.41 Å². The molecule has 0 bridgehead atoms. The molecule has 0 atom stereocenters. The van der Waals surface area contributed by atoms with Gasteiger partial charge in [0.1, 0.15) is 0 Å². The standard InChI is InChI=1S/C15H22O2/c1-15(2,14(16)17)12-8-4-7-11-13-9-5-3-6-10-13/h3,5-6,9-10H,4,7-8,11-12H2,1-2H3,(H,16,17). The van der Waals surface area contributed by atoms with Gasteiger partial charge in [-0.1, -0.05) is 43.2 Å². The van der Waals surface area contributed by atoms with Gasteiger partial charge in [0.05, 0.1) is 5.41 Å². The van der Waals surface area contributed by atoms with Gasteiger partial charge in [-0.15, -0.1) is 0 Å². The summed E-state index contributed by atoms with van der Waals surface area (Å²) in [6, 6.07) is 10.4. The molecule has 0 aromatic heterocycles. The maximum atomic E-state index is 10.9. The van der Waals surface area contributed by atoms with E-state index in [4.69, 9.17) is 5.11 Å². The number of carbonyl (C=O) groups is 1. The molecule has 0 fully saturated rings. The fraction of sp³-hybridized carbons (Fsp3) is 0.533. The van der Waals surface area contributed by atoms with E-state index in [-0.39, 0.29) is 0 Å². The molecule has 1 rings (SSSR count).